The second-order valence-corrected chi connectivity index (χ2v) is 12.5. The number of carboxylic acid groups (broad SMARTS) is 1. The van der Waals surface area contributed by atoms with Crippen molar-refractivity contribution in [2.75, 3.05) is 13.2 Å². The normalized spacial score (nSPS) is 21.0. The number of ether oxygens (including phenoxy) is 1. The lowest BCUT2D eigenvalue weighted by atomic mass is 9.75. The molecule has 2 saturated carbocycles. The van der Waals surface area contributed by atoms with Gasteiger partial charge in [0.05, 0.1) is 5.57 Å². The van der Waals surface area contributed by atoms with Crippen LogP contribution in [0.5, 0.6) is 0 Å². The maximum atomic E-state index is 12.3. The van der Waals surface area contributed by atoms with Gasteiger partial charge in [-0.25, -0.2) is 9.59 Å². The lowest BCUT2D eigenvalue weighted by Crippen LogP contribution is -2.40. The third-order valence-electron chi connectivity index (χ3n) is 8.04. The van der Waals surface area contributed by atoms with Crippen LogP contribution in [0.1, 0.15) is 117 Å². The fraction of sp³-hybridized carbons (Fsp3) is 0.750. The van der Waals surface area contributed by atoms with E-state index in [-0.39, 0.29) is 47.7 Å². The molecule has 0 bridgehead atoms. The van der Waals surface area contributed by atoms with Crippen molar-refractivity contribution in [3.63, 3.8) is 0 Å². The lowest BCUT2D eigenvalue weighted by molar-refractivity contribution is -0.138. The van der Waals surface area contributed by atoms with Gasteiger partial charge in [-0.2, -0.15) is 0 Å². The summed E-state index contributed by atoms with van der Waals surface area (Å²) in [5.41, 5.74) is 0.0606. The van der Waals surface area contributed by atoms with Gasteiger partial charge in [-0.3, -0.25) is 9.79 Å². The molecule has 0 aromatic heterocycles. The number of nitrogens with zero attached hydrogens (tertiary/aromatic N) is 1. The number of aliphatic hydroxyl groups is 1. The Labute approximate surface area is 246 Å². The number of carbonyl (C=O) groups excluding carboxylic acids is 2. The molecule has 9 nitrogen and oxygen atoms in total. The van der Waals surface area contributed by atoms with Crippen LogP contribution in [0.4, 0.5) is 4.79 Å². The van der Waals surface area contributed by atoms with Crippen LogP contribution in [0.2, 0.25) is 0 Å². The number of aliphatic imine (C=N–C) groups is 1. The minimum absolute atomic E-state index is 0.0334. The Kier molecular flexibility index (Phi) is 15.1. The third kappa shape index (κ3) is 13.2. The molecule has 4 N–H and O–H groups in total. The maximum absolute atomic E-state index is 12.3. The number of hydrogen-bond donors (Lipinski definition) is 4. The average Bonchev–Trinajstić information content (AvgIpc) is 2.91. The maximum Gasteiger partial charge on any atom is 0.407 e. The molecule has 0 spiro atoms. The van der Waals surface area contributed by atoms with E-state index in [0.29, 0.717) is 25.8 Å². The SMILES string of the molecule is C1CCC(NC2CCCCC2)CC1.C=CCOC(=O)NCCCC[C@H](N=C(C)C1=C(O)CC(C)(C)CC1=O)C(=O)O. The molecule has 41 heavy (non-hydrogen) atoms. The van der Waals surface area contributed by atoms with Crippen LogP contribution < -0.4 is 10.6 Å². The summed E-state index contributed by atoms with van der Waals surface area (Å²) < 4.78 is 4.77. The van der Waals surface area contributed by atoms with Crippen molar-refractivity contribution in [2.45, 2.75) is 135 Å². The number of carboxylic acids is 1. The summed E-state index contributed by atoms with van der Waals surface area (Å²) in [6.07, 6.45) is 17.4. The first-order valence-corrected chi connectivity index (χ1v) is 15.5. The number of carbonyl (C=O) groups is 3. The molecule has 0 unspecified atom stereocenters. The summed E-state index contributed by atoms with van der Waals surface area (Å²) >= 11 is 0. The van der Waals surface area contributed by atoms with Gasteiger partial charge < -0.3 is 25.6 Å². The Morgan fingerprint density at radius 3 is 2.15 bits per heavy atom. The zero-order valence-electron chi connectivity index (χ0n) is 25.5. The summed E-state index contributed by atoms with van der Waals surface area (Å²) in [5, 5.41) is 26.0. The van der Waals surface area contributed by atoms with Gasteiger partial charge in [0.25, 0.3) is 0 Å². The zero-order chi connectivity index (χ0) is 30.3. The number of alkyl carbamates (subject to hydrolysis) is 1. The van der Waals surface area contributed by atoms with Crippen molar-refractivity contribution < 1.29 is 29.3 Å². The molecule has 2 fully saturated rings. The van der Waals surface area contributed by atoms with Crippen molar-refractivity contribution in [3.8, 4) is 0 Å². The highest BCUT2D eigenvalue weighted by molar-refractivity contribution is 6.22. The van der Waals surface area contributed by atoms with Gasteiger partial charge in [0.1, 0.15) is 18.4 Å². The molecule has 0 saturated heterocycles. The van der Waals surface area contributed by atoms with Gasteiger partial charge in [0.15, 0.2) is 5.78 Å². The number of Topliss-reactive ketones (excluding diaryl/α,β-unsaturated/α-hetero) is 1. The molecular weight excluding hydrogens is 522 g/mol. The predicted octanol–water partition coefficient (Wildman–Crippen LogP) is 6.43. The van der Waals surface area contributed by atoms with Crippen LogP contribution in [0, 0.1) is 5.41 Å². The molecule has 3 rings (SSSR count). The zero-order valence-corrected chi connectivity index (χ0v) is 25.5. The van der Waals surface area contributed by atoms with E-state index in [1.165, 1.54) is 70.3 Å². The predicted molar refractivity (Wildman–Crippen MR) is 162 cm³/mol. The van der Waals surface area contributed by atoms with Crippen molar-refractivity contribution in [1.82, 2.24) is 10.6 Å². The first-order valence-electron chi connectivity index (χ1n) is 15.5. The minimum Gasteiger partial charge on any atom is -0.511 e. The largest absolute Gasteiger partial charge is 0.511 e. The molecule has 0 aromatic rings. The number of amides is 1. The van der Waals surface area contributed by atoms with E-state index in [4.69, 9.17) is 4.74 Å². The van der Waals surface area contributed by atoms with Crippen LogP contribution in [0.25, 0.3) is 0 Å². The number of nitrogens with one attached hydrogen (secondary N) is 2. The molecule has 0 aliphatic heterocycles. The minimum atomic E-state index is -1.10. The number of rotatable bonds is 12. The highest BCUT2D eigenvalue weighted by Gasteiger charge is 2.34. The van der Waals surface area contributed by atoms with Gasteiger partial charge in [-0.1, -0.05) is 65.0 Å². The molecule has 3 aliphatic rings. The first kappa shape index (κ1) is 34.5. The highest BCUT2D eigenvalue weighted by atomic mass is 16.5. The quantitative estimate of drug-likeness (QED) is 0.120. The Morgan fingerprint density at radius 2 is 1.63 bits per heavy atom. The van der Waals surface area contributed by atoms with E-state index in [2.05, 4.69) is 22.2 Å². The molecule has 3 aliphatic carbocycles. The number of allylic oxidation sites excluding steroid dienone is 2. The Bertz CT molecular complexity index is 914. The smallest absolute Gasteiger partial charge is 0.407 e. The van der Waals surface area contributed by atoms with Crippen molar-refractivity contribution in [2.24, 2.45) is 10.4 Å². The van der Waals surface area contributed by atoms with Gasteiger partial charge in [0, 0.05) is 37.2 Å². The second kappa shape index (κ2) is 18.0. The molecular formula is C32H53N3O6. The van der Waals surface area contributed by atoms with Crippen molar-refractivity contribution in [1.29, 1.82) is 0 Å². The fourth-order valence-electron chi connectivity index (χ4n) is 5.95. The van der Waals surface area contributed by atoms with Crippen LogP contribution in [-0.2, 0) is 14.3 Å². The number of ketones is 1. The monoisotopic (exact) mass is 575 g/mol. The van der Waals surface area contributed by atoms with Crippen LogP contribution >= 0.6 is 0 Å². The summed E-state index contributed by atoms with van der Waals surface area (Å²) in [6.45, 7) is 9.25. The summed E-state index contributed by atoms with van der Waals surface area (Å²) in [5.74, 6) is -1.35. The van der Waals surface area contributed by atoms with Crippen molar-refractivity contribution >= 4 is 23.6 Å². The third-order valence-corrected chi connectivity index (χ3v) is 8.04. The van der Waals surface area contributed by atoms with Crippen molar-refractivity contribution in [3.05, 3.63) is 24.0 Å². The van der Waals surface area contributed by atoms with Crippen LogP contribution in [0.3, 0.4) is 0 Å². The lowest BCUT2D eigenvalue weighted by Gasteiger charge is -2.30. The van der Waals surface area contributed by atoms with E-state index >= 15 is 0 Å². The molecule has 0 radical (unpaired) electrons. The Balaban J connectivity index is 0.000000372. The number of aliphatic carboxylic acids is 1. The highest BCUT2D eigenvalue weighted by Crippen LogP contribution is 2.36. The summed E-state index contributed by atoms with van der Waals surface area (Å²) in [4.78, 5) is 39.3. The molecule has 232 valence electrons. The standard InChI is InChI=1S/C20H30N2O6.C12H23N/c1-5-10-28-19(27)21-9-7-6-8-14(18(25)26)22-13(2)17-15(23)11-20(3,4)12-16(17)24;1-3-7-11(8-4-1)13-12-9-5-2-6-10-12/h5,14,23H,1,6-12H2,2-4H3,(H,21,27)(H,25,26);11-13H,1-10H2/t14-;/m0./s1. The van der Waals surface area contributed by atoms with Crippen LogP contribution in [-0.4, -0.2) is 65.0 Å². The molecule has 9 heteroatoms. The van der Waals surface area contributed by atoms with Gasteiger partial charge in [-0.15, -0.1) is 0 Å². The fourth-order valence-corrected chi connectivity index (χ4v) is 5.95. The van der Waals surface area contributed by atoms with Crippen LogP contribution in [0.15, 0.2) is 29.0 Å². The van der Waals surface area contributed by atoms with E-state index < -0.39 is 18.1 Å². The van der Waals surface area contributed by atoms with Gasteiger partial charge in [0.2, 0.25) is 0 Å². The molecule has 0 aromatic carbocycles. The van der Waals surface area contributed by atoms with E-state index in [0.717, 1.165) is 12.1 Å². The Morgan fingerprint density at radius 1 is 1.05 bits per heavy atom. The second-order valence-electron chi connectivity index (χ2n) is 12.5. The van der Waals surface area contributed by atoms with E-state index in [1.807, 2.05) is 13.8 Å². The number of unbranched alkanes of at least 4 members (excludes halogenated alkanes) is 1. The number of aliphatic hydroxyl groups excluding tert-OH is 1. The summed E-state index contributed by atoms with van der Waals surface area (Å²) in [6, 6.07) is 0.726. The molecule has 1 amide bonds. The van der Waals surface area contributed by atoms with Gasteiger partial charge in [-0.05, 0) is 57.3 Å². The number of hydrogen-bond acceptors (Lipinski definition) is 7. The van der Waals surface area contributed by atoms with E-state index in [1.54, 1.807) is 6.92 Å². The first-order chi connectivity index (χ1) is 19.5. The summed E-state index contributed by atoms with van der Waals surface area (Å²) in [7, 11) is 0. The average molecular weight is 576 g/mol. The topological polar surface area (TPSA) is 137 Å². The molecule has 1 atom stereocenters. The van der Waals surface area contributed by atoms with Gasteiger partial charge >= 0.3 is 12.1 Å². The molecule has 0 heterocycles. The Hall–Kier alpha value is -2.68. The van der Waals surface area contributed by atoms with E-state index in [9.17, 15) is 24.6 Å².